The highest BCUT2D eigenvalue weighted by Gasteiger charge is 2.12. The van der Waals surface area contributed by atoms with Gasteiger partial charge in [-0.25, -0.2) is 0 Å². The largest absolute Gasteiger partial charge is 0.349 e. The standard InChI is InChI=1S/C22H19N3OS/c1-15(17-11-10-16-6-2-3-7-18(16)12-17)24-21(26)14-27-22-20-9-5-4-8-19(20)13-23-25-22/h2-13,15H,14H2,1H3,(H,24,26). The van der Waals surface area contributed by atoms with Crippen LogP contribution in [-0.2, 0) is 4.79 Å². The van der Waals surface area contributed by atoms with Crippen LogP contribution in [0, 0.1) is 0 Å². The molecule has 134 valence electrons. The number of hydrogen-bond acceptors (Lipinski definition) is 4. The molecule has 0 aliphatic carbocycles. The second-order valence-corrected chi connectivity index (χ2v) is 7.39. The van der Waals surface area contributed by atoms with Crippen molar-refractivity contribution in [2.75, 3.05) is 5.75 Å². The van der Waals surface area contributed by atoms with E-state index in [9.17, 15) is 4.79 Å². The zero-order chi connectivity index (χ0) is 18.6. The molecule has 1 amide bonds. The molecular formula is C22H19N3OS. The fourth-order valence-electron chi connectivity index (χ4n) is 3.09. The van der Waals surface area contributed by atoms with Gasteiger partial charge in [-0.3, -0.25) is 4.79 Å². The molecule has 3 aromatic carbocycles. The Morgan fingerprint density at radius 3 is 2.59 bits per heavy atom. The van der Waals surface area contributed by atoms with Crippen molar-refractivity contribution in [2.24, 2.45) is 0 Å². The molecule has 27 heavy (non-hydrogen) atoms. The fraction of sp³-hybridized carbons (Fsp3) is 0.136. The Labute approximate surface area is 162 Å². The van der Waals surface area contributed by atoms with Gasteiger partial charge in [0.15, 0.2) is 0 Å². The summed E-state index contributed by atoms with van der Waals surface area (Å²) in [5.74, 6) is 0.288. The molecule has 0 bridgehead atoms. The van der Waals surface area contributed by atoms with E-state index in [-0.39, 0.29) is 11.9 Å². The lowest BCUT2D eigenvalue weighted by atomic mass is 10.0. The van der Waals surface area contributed by atoms with Crippen molar-refractivity contribution in [3.63, 3.8) is 0 Å². The van der Waals surface area contributed by atoms with E-state index in [4.69, 9.17) is 0 Å². The molecule has 4 nitrogen and oxygen atoms in total. The van der Waals surface area contributed by atoms with Crippen LogP contribution in [0.2, 0.25) is 0 Å². The summed E-state index contributed by atoms with van der Waals surface area (Å²) < 4.78 is 0. The summed E-state index contributed by atoms with van der Waals surface area (Å²) >= 11 is 1.41. The molecule has 4 aromatic rings. The first kappa shape index (κ1) is 17.5. The minimum absolute atomic E-state index is 0.0182. The molecule has 4 rings (SSSR count). The van der Waals surface area contributed by atoms with Crippen LogP contribution in [0.25, 0.3) is 21.5 Å². The lowest BCUT2D eigenvalue weighted by Gasteiger charge is -2.15. The van der Waals surface area contributed by atoms with Gasteiger partial charge in [0.25, 0.3) is 0 Å². The zero-order valence-corrected chi connectivity index (χ0v) is 15.7. The van der Waals surface area contributed by atoms with E-state index in [0.29, 0.717) is 5.75 Å². The number of hydrogen-bond donors (Lipinski definition) is 1. The summed E-state index contributed by atoms with van der Waals surface area (Å²) in [5.41, 5.74) is 1.09. The normalized spacial score (nSPS) is 12.2. The molecule has 0 spiro atoms. The van der Waals surface area contributed by atoms with E-state index in [2.05, 4.69) is 45.8 Å². The number of aromatic nitrogens is 2. The lowest BCUT2D eigenvalue weighted by Crippen LogP contribution is -2.28. The number of nitrogens with one attached hydrogen (secondary N) is 1. The maximum absolute atomic E-state index is 12.4. The van der Waals surface area contributed by atoms with Crippen molar-refractivity contribution in [1.82, 2.24) is 15.5 Å². The van der Waals surface area contributed by atoms with Gasteiger partial charge in [0, 0.05) is 10.8 Å². The Hall–Kier alpha value is -2.92. The molecule has 1 unspecified atom stereocenters. The highest BCUT2D eigenvalue weighted by atomic mass is 32.2. The Morgan fingerprint density at radius 2 is 1.74 bits per heavy atom. The number of amides is 1. The molecule has 0 aliphatic rings. The minimum atomic E-state index is -0.0543. The number of carbonyl (C=O) groups is 1. The first-order chi connectivity index (χ1) is 13.2. The third-order valence-corrected chi connectivity index (χ3v) is 5.51. The highest BCUT2D eigenvalue weighted by molar-refractivity contribution is 8.00. The van der Waals surface area contributed by atoms with Crippen LogP contribution in [0.4, 0.5) is 0 Å². The van der Waals surface area contributed by atoms with Gasteiger partial charge < -0.3 is 5.32 Å². The van der Waals surface area contributed by atoms with Gasteiger partial charge in [-0.05, 0) is 29.3 Å². The molecule has 5 heteroatoms. The number of rotatable bonds is 5. The van der Waals surface area contributed by atoms with Gasteiger partial charge >= 0.3 is 0 Å². The summed E-state index contributed by atoms with van der Waals surface area (Å²) in [6.07, 6.45) is 1.74. The number of nitrogens with zero attached hydrogens (tertiary/aromatic N) is 2. The highest BCUT2D eigenvalue weighted by Crippen LogP contribution is 2.25. The van der Waals surface area contributed by atoms with Gasteiger partial charge in [-0.2, -0.15) is 5.10 Å². The Morgan fingerprint density at radius 1 is 1.00 bits per heavy atom. The smallest absolute Gasteiger partial charge is 0.230 e. The molecule has 0 radical (unpaired) electrons. The predicted octanol–water partition coefficient (Wildman–Crippen LogP) is 4.75. The van der Waals surface area contributed by atoms with Crippen molar-refractivity contribution < 1.29 is 4.79 Å². The summed E-state index contributed by atoms with van der Waals surface area (Å²) in [6, 6.07) is 22.4. The molecule has 0 fully saturated rings. The molecule has 0 saturated heterocycles. The molecule has 1 N–H and O–H groups in total. The van der Waals surface area contributed by atoms with Crippen molar-refractivity contribution in [3.05, 3.63) is 78.5 Å². The summed E-state index contributed by atoms with van der Waals surface area (Å²) in [4.78, 5) is 12.4. The quantitative estimate of drug-likeness (QED) is 0.513. The number of benzene rings is 3. The van der Waals surface area contributed by atoms with E-state index >= 15 is 0 Å². The van der Waals surface area contributed by atoms with E-state index in [1.165, 1.54) is 22.5 Å². The summed E-state index contributed by atoms with van der Waals surface area (Å²) in [7, 11) is 0. The van der Waals surface area contributed by atoms with Crippen LogP contribution in [0.3, 0.4) is 0 Å². The van der Waals surface area contributed by atoms with E-state index in [1.807, 2.05) is 43.3 Å². The molecule has 0 saturated carbocycles. The van der Waals surface area contributed by atoms with Gasteiger partial charge in [-0.1, -0.05) is 72.4 Å². The molecule has 1 aromatic heterocycles. The molecule has 1 atom stereocenters. The molecule has 0 aliphatic heterocycles. The first-order valence-electron chi connectivity index (χ1n) is 8.82. The number of fused-ring (bicyclic) bond motifs is 2. The maximum atomic E-state index is 12.4. The zero-order valence-electron chi connectivity index (χ0n) is 14.9. The maximum Gasteiger partial charge on any atom is 0.230 e. The monoisotopic (exact) mass is 373 g/mol. The molecular weight excluding hydrogens is 354 g/mol. The first-order valence-corrected chi connectivity index (χ1v) is 9.80. The van der Waals surface area contributed by atoms with E-state index in [0.717, 1.165) is 21.4 Å². The van der Waals surface area contributed by atoms with Crippen LogP contribution in [0.5, 0.6) is 0 Å². The number of carbonyl (C=O) groups excluding carboxylic acids is 1. The van der Waals surface area contributed by atoms with Gasteiger partial charge in [-0.15, -0.1) is 5.10 Å². The van der Waals surface area contributed by atoms with Crippen LogP contribution in [-0.4, -0.2) is 21.9 Å². The fourth-order valence-corrected chi connectivity index (χ4v) is 3.88. The van der Waals surface area contributed by atoms with Gasteiger partial charge in [0.05, 0.1) is 18.0 Å². The van der Waals surface area contributed by atoms with Crippen molar-refractivity contribution in [3.8, 4) is 0 Å². The van der Waals surface area contributed by atoms with Crippen molar-refractivity contribution in [1.29, 1.82) is 0 Å². The average Bonchev–Trinajstić information content (AvgIpc) is 2.71. The van der Waals surface area contributed by atoms with Gasteiger partial charge in [0.1, 0.15) is 5.03 Å². The average molecular weight is 373 g/mol. The van der Waals surface area contributed by atoms with Crippen molar-refractivity contribution >= 4 is 39.2 Å². The second-order valence-electron chi connectivity index (χ2n) is 6.42. The third-order valence-electron chi connectivity index (χ3n) is 4.53. The van der Waals surface area contributed by atoms with Crippen molar-refractivity contribution in [2.45, 2.75) is 18.0 Å². The Bertz CT molecular complexity index is 1110. The van der Waals surface area contributed by atoms with Crippen LogP contribution >= 0.6 is 11.8 Å². The topological polar surface area (TPSA) is 54.9 Å². The SMILES string of the molecule is CC(NC(=O)CSc1nncc2ccccc12)c1ccc2ccccc2c1. The van der Waals surface area contributed by atoms with E-state index in [1.54, 1.807) is 6.20 Å². The van der Waals surface area contributed by atoms with E-state index < -0.39 is 0 Å². The third kappa shape index (κ3) is 3.93. The van der Waals surface area contributed by atoms with Crippen LogP contribution < -0.4 is 5.32 Å². The molecule has 1 heterocycles. The van der Waals surface area contributed by atoms with Gasteiger partial charge in [0.2, 0.25) is 5.91 Å². The predicted molar refractivity (Wildman–Crippen MR) is 111 cm³/mol. The summed E-state index contributed by atoms with van der Waals surface area (Å²) in [5, 5.41) is 16.5. The van der Waals surface area contributed by atoms with Crippen LogP contribution in [0.15, 0.2) is 78.0 Å². The van der Waals surface area contributed by atoms with Crippen LogP contribution in [0.1, 0.15) is 18.5 Å². The lowest BCUT2D eigenvalue weighted by molar-refractivity contribution is -0.119. The Kier molecular flexibility index (Phi) is 5.03. The second kappa shape index (κ2) is 7.76. The Balaban J connectivity index is 1.42. The minimum Gasteiger partial charge on any atom is -0.349 e. The number of thioether (sulfide) groups is 1. The summed E-state index contributed by atoms with van der Waals surface area (Å²) in [6.45, 7) is 2.00.